The van der Waals surface area contributed by atoms with Crippen LogP contribution in [-0.4, -0.2) is 20.7 Å². The fraction of sp³-hybridized carbons (Fsp3) is 0.118. The van der Waals surface area contributed by atoms with Gasteiger partial charge in [-0.1, -0.05) is 29.8 Å². The molecule has 0 fully saturated rings. The van der Waals surface area contributed by atoms with Crippen molar-refractivity contribution in [1.82, 2.24) is 14.8 Å². The Morgan fingerprint density at radius 1 is 1.29 bits per heavy atom. The lowest BCUT2D eigenvalue weighted by Crippen LogP contribution is -2.12. The van der Waals surface area contributed by atoms with E-state index in [4.69, 9.17) is 17.3 Å². The number of nitrogens with one attached hydrogen (secondary N) is 1. The highest BCUT2D eigenvalue weighted by atomic mass is 35.5. The number of hydrogen-bond donors (Lipinski definition) is 2. The molecule has 0 saturated carbocycles. The van der Waals surface area contributed by atoms with Gasteiger partial charge in [0.05, 0.1) is 16.8 Å². The van der Waals surface area contributed by atoms with E-state index in [1.54, 1.807) is 4.68 Å². The molecule has 24 heavy (non-hydrogen) atoms. The summed E-state index contributed by atoms with van der Waals surface area (Å²) < 4.78 is 1.77. The third-order valence-electron chi connectivity index (χ3n) is 3.55. The number of nitrogens with zero attached hydrogens (tertiary/aromatic N) is 3. The first-order valence-electron chi connectivity index (χ1n) is 7.30. The molecule has 3 aromatic rings. The number of halogens is 1. The van der Waals surface area contributed by atoms with Crippen molar-refractivity contribution in [2.24, 2.45) is 12.8 Å². The Morgan fingerprint density at radius 3 is 2.79 bits per heavy atom. The third kappa shape index (κ3) is 3.55. The fourth-order valence-electron chi connectivity index (χ4n) is 2.32. The first-order chi connectivity index (χ1) is 11.5. The third-order valence-corrected chi connectivity index (χ3v) is 3.84. The maximum absolute atomic E-state index is 11.1. The van der Waals surface area contributed by atoms with Gasteiger partial charge in [0.1, 0.15) is 5.82 Å². The summed E-state index contributed by atoms with van der Waals surface area (Å²) >= 11 is 6.13. The summed E-state index contributed by atoms with van der Waals surface area (Å²) in [6, 6.07) is 9.62. The number of hydrogen-bond acceptors (Lipinski definition) is 4. The zero-order valence-electron chi connectivity index (χ0n) is 13.0. The summed E-state index contributed by atoms with van der Waals surface area (Å²) in [7, 11) is 1.89. The van der Waals surface area contributed by atoms with Crippen LogP contribution in [0.3, 0.4) is 0 Å². The number of rotatable bonds is 5. The van der Waals surface area contributed by atoms with Crippen molar-refractivity contribution in [3.8, 4) is 11.1 Å². The van der Waals surface area contributed by atoms with Gasteiger partial charge >= 0.3 is 0 Å². The van der Waals surface area contributed by atoms with Crippen LogP contribution in [0.15, 0.2) is 48.9 Å². The van der Waals surface area contributed by atoms with Crippen LogP contribution < -0.4 is 11.1 Å². The Hall–Kier alpha value is -2.86. The van der Waals surface area contributed by atoms with Gasteiger partial charge in [-0.3, -0.25) is 9.48 Å². The van der Waals surface area contributed by atoms with Crippen LogP contribution in [0.2, 0.25) is 5.02 Å². The number of amides is 1. The average Bonchev–Trinajstić information content (AvgIpc) is 3.00. The summed E-state index contributed by atoms with van der Waals surface area (Å²) in [6.07, 6.45) is 5.20. The molecule has 122 valence electrons. The topological polar surface area (TPSA) is 85.8 Å². The molecule has 0 aliphatic heterocycles. The molecule has 2 aromatic heterocycles. The van der Waals surface area contributed by atoms with Crippen molar-refractivity contribution in [3.05, 3.63) is 65.1 Å². The lowest BCUT2D eigenvalue weighted by Gasteiger charge is -2.09. The molecular weight excluding hydrogens is 326 g/mol. The average molecular weight is 342 g/mol. The molecule has 0 radical (unpaired) electrons. The molecule has 0 atom stereocenters. The van der Waals surface area contributed by atoms with Crippen LogP contribution in [0.1, 0.15) is 15.9 Å². The van der Waals surface area contributed by atoms with Crippen LogP contribution in [0.4, 0.5) is 5.82 Å². The predicted molar refractivity (Wildman–Crippen MR) is 93.7 cm³/mol. The van der Waals surface area contributed by atoms with Gasteiger partial charge in [0.15, 0.2) is 0 Å². The minimum Gasteiger partial charge on any atom is -0.366 e. The van der Waals surface area contributed by atoms with Crippen molar-refractivity contribution < 1.29 is 4.79 Å². The molecule has 0 saturated heterocycles. The molecule has 0 bridgehead atoms. The SMILES string of the molecule is Cn1cc(-c2cccc(CNc3ncc(C(N)=O)cc3Cl)c2)cn1. The number of carbonyl (C=O) groups excluding carboxylic acids is 1. The first kappa shape index (κ1) is 16.0. The van der Waals surface area contributed by atoms with Gasteiger partial charge in [0.25, 0.3) is 0 Å². The zero-order valence-corrected chi connectivity index (χ0v) is 13.8. The largest absolute Gasteiger partial charge is 0.366 e. The van der Waals surface area contributed by atoms with E-state index in [1.165, 1.54) is 12.3 Å². The summed E-state index contributed by atoms with van der Waals surface area (Å²) in [6.45, 7) is 0.552. The molecule has 6 nitrogen and oxygen atoms in total. The number of primary amides is 1. The van der Waals surface area contributed by atoms with Crippen LogP contribution in [0.5, 0.6) is 0 Å². The van der Waals surface area contributed by atoms with Crippen LogP contribution >= 0.6 is 11.6 Å². The van der Waals surface area contributed by atoms with Gasteiger partial charge in [-0.15, -0.1) is 0 Å². The minimum atomic E-state index is -0.555. The minimum absolute atomic E-state index is 0.282. The molecule has 0 aliphatic rings. The maximum Gasteiger partial charge on any atom is 0.250 e. The van der Waals surface area contributed by atoms with Gasteiger partial charge in [-0.25, -0.2) is 4.98 Å². The van der Waals surface area contributed by atoms with E-state index in [0.717, 1.165) is 16.7 Å². The Balaban J connectivity index is 1.74. The Labute approximate surface area is 144 Å². The molecule has 2 heterocycles. The summed E-state index contributed by atoms with van der Waals surface area (Å²) in [5.74, 6) is -0.0476. The summed E-state index contributed by atoms with van der Waals surface area (Å²) in [5, 5.41) is 7.71. The number of aromatic nitrogens is 3. The van der Waals surface area contributed by atoms with Crippen molar-refractivity contribution in [2.75, 3.05) is 5.32 Å². The van der Waals surface area contributed by atoms with E-state index in [9.17, 15) is 4.79 Å². The second-order valence-electron chi connectivity index (χ2n) is 5.38. The molecule has 3 N–H and O–H groups in total. The molecule has 7 heteroatoms. The second kappa shape index (κ2) is 6.72. The Morgan fingerprint density at radius 2 is 2.12 bits per heavy atom. The highest BCUT2D eigenvalue weighted by Crippen LogP contribution is 2.22. The zero-order chi connectivity index (χ0) is 17.1. The molecule has 0 aliphatic carbocycles. The number of anilines is 1. The van der Waals surface area contributed by atoms with Gasteiger partial charge in [-0.05, 0) is 23.3 Å². The maximum atomic E-state index is 11.1. The molecule has 0 unspecified atom stereocenters. The van der Waals surface area contributed by atoms with E-state index in [-0.39, 0.29) is 5.56 Å². The Kier molecular flexibility index (Phi) is 4.48. The van der Waals surface area contributed by atoms with Crippen LogP contribution in [0.25, 0.3) is 11.1 Å². The quantitative estimate of drug-likeness (QED) is 0.747. The molecule has 0 spiro atoms. The summed E-state index contributed by atoms with van der Waals surface area (Å²) in [4.78, 5) is 15.3. The normalized spacial score (nSPS) is 10.6. The number of benzene rings is 1. The van der Waals surface area contributed by atoms with E-state index >= 15 is 0 Å². The summed E-state index contributed by atoms with van der Waals surface area (Å²) in [5.41, 5.74) is 8.71. The highest BCUT2D eigenvalue weighted by Gasteiger charge is 2.07. The molecule has 1 amide bonds. The van der Waals surface area contributed by atoms with E-state index in [0.29, 0.717) is 17.4 Å². The monoisotopic (exact) mass is 341 g/mol. The van der Waals surface area contributed by atoms with Crippen molar-refractivity contribution in [1.29, 1.82) is 0 Å². The van der Waals surface area contributed by atoms with Crippen molar-refractivity contribution in [2.45, 2.75) is 6.54 Å². The lowest BCUT2D eigenvalue weighted by molar-refractivity contribution is 0.1000. The molecule has 3 rings (SSSR count). The predicted octanol–water partition coefficient (Wildman–Crippen LogP) is 2.85. The molecular formula is C17H16ClN5O. The van der Waals surface area contributed by atoms with Crippen LogP contribution in [0, 0.1) is 0 Å². The van der Waals surface area contributed by atoms with Crippen LogP contribution in [-0.2, 0) is 13.6 Å². The van der Waals surface area contributed by atoms with Gasteiger partial charge in [-0.2, -0.15) is 5.10 Å². The number of aryl methyl sites for hydroxylation is 1. The van der Waals surface area contributed by atoms with Gasteiger partial charge in [0, 0.05) is 31.5 Å². The standard InChI is InChI=1S/C17H16ClN5O/c1-23-10-14(9-22-23)12-4-2-3-11(5-12)7-20-17-15(18)6-13(8-21-17)16(19)24/h2-6,8-10H,7H2,1H3,(H2,19,24)(H,20,21). The second-order valence-corrected chi connectivity index (χ2v) is 5.78. The van der Waals surface area contributed by atoms with Crippen molar-refractivity contribution in [3.63, 3.8) is 0 Å². The number of pyridine rings is 1. The lowest BCUT2D eigenvalue weighted by atomic mass is 10.1. The highest BCUT2D eigenvalue weighted by molar-refractivity contribution is 6.33. The number of carbonyl (C=O) groups is 1. The van der Waals surface area contributed by atoms with Gasteiger partial charge < -0.3 is 11.1 Å². The van der Waals surface area contributed by atoms with E-state index < -0.39 is 5.91 Å². The first-order valence-corrected chi connectivity index (χ1v) is 7.68. The smallest absolute Gasteiger partial charge is 0.250 e. The van der Waals surface area contributed by atoms with Crippen molar-refractivity contribution >= 4 is 23.3 Å². The van der Waals surface area contributed by atoms with E-state index in [2.05, 4.69) is 21.5 Å². The fourth-order valence-corrected chi connectivity index (χ4v) is 2.55. The Bertz CT molecular complexity index is 890. The van der Waals surface area contributed by atoms with E-state index in [1.807, 2.05) is 37.6 Å². The van der Waals surface area contributed by atoms with Gasteiger partial charge in [0.2, 0.25) is 5.91 Å². The molecule has 1 aromatic carbocycles. The number of nitrogens with two attached hydrogens (primary N) is 1.